The Balaban J connectivity index is 2.21. The SMILES string of the molecule is Cc1cc(C(N)CC2(CC(N)=O)CCCC2)c(Cl)cc1F. The molecule has 21 heavy (non-hydrogen) atoms. The molecule has 1 aliphatic carbocycles. The predicted octanol–water partition coefficient (Wildman–Crippen LogP) is 3.61. The van der Waals surface area contributed by atoms with Gasteiger partial charge in [-0.2, -0.15) is 0 Å². The highest BCUT2D eigenvalue weighted by atomic mass is 35.5. The number of amides is 1. The van der Waals surface area contributed by atoms with Crippen LogP contribution >= 0.6 is 11.6 Å². The van der Waals surface area contributed by atoms with Crippen LogP contribution in [0.15, 0.2) is 12.1 Å². The standard InChI is InChI=1S/C16H22ClFN2O/c1-10-6-11(12(17)7-13(10)18)14(19)8-16(9-15(20)21)4-2-3-5-16/h6-7,14H,2-5,8-9,19H2,1H3,(H2,20,21). The second-order valence-corrected chi connectivity index (χ2v) is 6.69. The van der Waals surface area contributed by atoms with Crippen LogP contribution < -0.4 is 11.5 Å². The van der Waals surface area contributed by atoms with Crippen LogP contribution in [0.3, 0.4) is 0 Å². The molecule has 0 radical (unpaired) electrons. The maximum atomic E-state index is 13.5. The molecule has 4 N–H and O–H groups in total. The lowest BCUT2D eigenvalue weighted by atomic mass is 9.75. The van der Waals surface area contributed by atoms with Crippen molar-refractivity contribution in [3.63, 3.8) is 0 Å². The average molecular weight is 313 g/mol. The van der Waals surface area contributed by atoms with Crippen LogP contribution in [0.25, 0.3) is 0 Å². The number of primary amides is 1. The van der Waals surface area contributed by atoms with Gasteiger partial charge in [-0.1, -0.05) is 30.5 Å². The largest absolute Gasteiger partial charge is 0.370 e. The fraction of sp³-hybridized carbons (Fsp3) is 0.562. The van der Waals surface area contributed by atoms with Gasteiger partial charge in [0.05, 0.1) is 0 Å². The molecule has 1 aliphatic rings. The van der Waals surface area contributed by atoms with Crippen LogP contribution in [0, 0.1) is 18.2 Å². The molecule has 1 amide bonds. The van der Waals surface area contributed by atoms with Crippen molar-refractivity contribution in [1.82, 2.24) is 0 Å². The minimum Gasteiger partial charge on any atom is -0.370 e. The summed E-state index contributed by atoms with van der Waals surface area (Å²) >= 11 is 6.12. The van der Waals surface area contributed by atoms with E-state index in [0.717, 1.165) is 31.2 Å². The van der Waals surface area contributed by atoms with Crippen molar-refractivity contribution in [3.05, 3.63) is 34.1 Å². The van der Waals surface area contributed by atoms with Gasteiger partial charge in [-0.15, -0.1) is 0 Å². The molecular weight excluding hydrogens is 291 g/mol. The van der Waals surface area contributed by atoms with Crippen LogP contribution in [-0.4, -0.2) is 5.91 Å². The third kappa shape index (κ3) is 3.74. The Morgan fingerprint density at radius 3 is 2.62 bits per heavy atom. The van der Waals surface area contributed by atoms with Crippen molar-refractivity contribution in [3.8, 4) is 0 Å². The van der Waals surface area contributed by atoms with E-state index in [-0.39, 0.29) is 23.2 Å². The van der Waals surface area contributed by atoms with Gasteiger partial charge in [0, 0.05) is 17.5 Å². The van der Waals surface area contributed by atoms with E-state index in [9.17, 15) is 9.18 Å². The maximum Gasteiger partial charge on any atom is 0.217 e. The molecule has 1 unspecified atom stereocenters. The quantitative estimate of drug-likeness (QED) is 0.872. The summed E-state index contributed by atoms with van der Waals surface area (Å²) in [5, 5.41) is 0.345. The monoisotopic (exact) mass is 312 g/mol. The number of carbonyl (C=O) groups is 1. The molecule has 0 spiro atoms. The third-order valence-electron chi connectivity index (χ3n) is 4.54. The minimum atomic E-state index is -0.330. The maximum absolute atomic E-state index is 13.5. The summed E-state index contributed by atoms with van der Waals surface area (Å²) in [6.45, 7) is 1.69. The van der Waals surface area contributed by atoms with E-state index in [0.29, 0.717) is 23.4 Å². The number of rotatable bonds is 5. The molecule has 2 rings (SSSR count). The molecule has 116 valence electrons. The lowest BCUT2D eigenvalue weighted by molar-refractivity contribution is -0.120. The van der Waals surface area contributed by atoms with Crippen molar-refractivity contribution < 1.29 is 9.18 Å². The summed E-state index contributed by atoms with van der Waals surface area (Å²) < 4.78 is 13.5. The lowest BCUT2D eigenvalue weighted by Crippen LogP contribution is -2.29. The van der Waals surface area contributed by atoms with Crippen molar-refractivity contribution in [2.45, 2.75) is 51.5 Å². The Labute approximate surface area is 129 Å². The average Bonchev–Trinajstić information content (AvgIpc) is 2.80. The van der Waals surface area contributed by atoms with Gasteiger partial charge in [0.2, 0.25) is 5.91 Å². The first-order valence-electron chi connectivity index (χ1n) is 7.32. The highest BCUT2D eigenvalue weighted by Crippen LogP contribution is 2.47. The second-order valence-electron chi connectivity index (χ2n) is 6.28. The van der Waals surface area contributed by atoms with Crippen LogP contribution in [0.4, 0.5) is 4.39 Å². The number of carbonyl (C=O) groups excluding carboxylic acids is 1. The summed E-state index contributed by atoms with van der Waals surface area (Å²) in [4.78, 5) is 11.3. The molecular formula is C16H22ClFN2O. The fourth-order valence-electron chi connectivity index (χ4n) is 3.49. The van der Waals surface area contributed by atoms with Crippen molar-refractivity contribution >= 4 is 17.5 Å². The number of halogens is 2. The van der Waals surface area contributed by atoms with E-state index in [1.807, 2.05) is 0 Å². The number of aryl methyl sites for hydroxylation is 1. The predicted molar refractivity (Wildman–Crippen MR) is 82.4 cm³/mol. The zero-order valence-electron chi connectivity index (χ0n) is 12.3. The Morgan fingerprint density at radius 2 is 2.05 bits per heavy atom. The molecule has 1 saturated carbocycles. The van der Waals surface area contributed by atoms with E-state index in [1.54, 1.807) is 13.0 Å². The Morgan fingerprint density at radius 1 is 1.43 bits per heavy atom. The first-order chi connectivity index (χ1) is 9.83. The van der Waals surface area contributed by atoms with Gasteiger partial charge >= 0.3 is 0 Å². The molecule has 0 bridgehead atoms. The smallest absolute Gasteiger partial charge is 0.217 e. The van der Waals surface area contributed by atoms with Crippen LogP contribution in [0.1, 0.15) is 55.7 Å². The molecule has 1 aromatic carbocycles. The zero-order chi connectivity index (χ0) is 15.6. The summed E-state index contributed by atoms with van der Waals surface area (Å²) in [7, 11) is 0. The highest BCUT2D eigenvalue weighted by Gasteiger charge is 2.37. The third-order valence-corrected chi connectivity index (χ3v) is 4.87. The summed E-state index contributed by atoms with van der Waals surface area (Å²) in [5.41, 5.74) is 12.8. The normalized spacial score (nSPS) is 18.7. The van der Waals surface area contributed by atoms with Gasteiger partial charge in [-0.25, -0.2) is 4.39 Å². The minimum absolute atomic E-state index is 0.128. The van der Waals surface area contributed by atoms with Crippen LogP contribution in [-0.2, 0) is 4.79 Å². The van der Waals surface area contributed by atoms with E-state index in [2.05, 4.69) is 0 Å². The van der Waals surface area contributed by atoms with Crippen molar-refractivity contribution in [2.24, 2.45) is 16.9 Å². The first-order valence-corrected chi connectivity index (χ1v) is 7.70. The molecule has 0 aliphatic heterocycles. The van der Waals surface area contributed by atoms with Crippen LogP contribution in [0.5, 0.6) is 0 Å². The number of hydrogen-bond donors (Lipinski definition) is 2. The molecule has 0 aromatic heterocycles. The Bertz CT molecular complexity index is 541. The summed E-state index contributed by atoms with van der Waals surface area (Å²) in [5.74, 6) is -0.617. The summed E-state index contributed by atoms with van der Waals surface area (Å²) in [6, 6.07) is 2.70. The van der Waals surface area contributed by atoms with Gasteiger partial charge in [0.15, 0.2) is 0 Å². The second kappa shape index (κ2) is 6.32. The van der Waals surface area contributed by atoms with Crippen molar-refractivity contribution in [1.29, 1.82) is 0 Å². The highest BCUT2D eigenvalue weighted by molar-refractivity contribution is 6.31. The van der Waals surface area contributed by atoms with E-state index in [4.69, 9.17) is 23.1 Å². The van der Waals surface area contributed by atoms with E-state index < -0.39 is 0 Å². The molecule has 1 aromatic rings. The Hall–Kier alpha value is -1.13. The van der Waals surface area contributed by atoms with E-state index in [1.165, 1.54) is 6.07 Å². The van der Waals surface area contributed by atoms with Gasteiger partial charge in [-0.3, -0.25) is 4.79 Å². The summed E-state index contributed by atoms with van der Waals surface area (Å²) in [6.07, 6.45) is 5.12. The molecule has 0 heterocycles. The zero-order valence-corrected chi connectivity index (χ0v) is 13.0. The molecule has 1 atom stereocenters. The Kier molecular flexibility index (Phi) is 4.89. The van der Waals surface area contributed by atoms with Gasteiger partial charge in [0.1, 0.15) is 5.82 Å². The number of hydrogen-bond acceptors (Lipinski definition) is 2. The lowest BCUT2D eigenvalue weighted by Gasteiger charge is -2.31. The molecule has 5 heteroatoms. The molecule has 3 nitrogen and oxygen atoms in total. The molecule has 0 saturated heterocycles. The van der Waals surface area contributed by atoms with Crippen LogP contribution in [0.2, 0.25) is 5.02 Å². The fourth-order valence-corrected chi connectivity index (χ4v) is 3.78. The van der Waals surface area contributed by atoms with Gasteiger partial charge in [0.25, 0.3) is 0 Å². The number of nitrogens with two attached hydrogens (primary N) is 2. The first kappa shape index (κ1) is 16.2. The van der Waals surface area contributed by atoms with Crippen molar-refractivity contribution in [2.75, 3.05) is 0 Å². The molecule has 1 fully saturated rings. The van der Waals surface area contributed by atoms with Gasteiger partial charge < -0.3 is 11.5 Å². The topological polar surface area (TPSA) is 69.1 Å². The van der Waals surface area contributed by atoms with E-state index >= 15 is 0 Å². The van der Waals surface area contributed by atoms with Gasteiger partial charge in [-0.05, 0) is 48.8 Å². The number of benzene rings is 1.